The first-order chi connectivity index (χ1) is 9.58. The number of ether oxygens (including phenoxy) is 1. The summed E-state index contributed by atoms with van der Waals surface area (Å²) in [5.41, 5.74) is 8.79. The Hall–Kier alpha value is -1.87. The lowest BCUT2D eigenvalue weighted by atomic mass is 10.2. The van der Waals surface area contributed by atoms with Gasteiger partial charge in [-0.3, -0.25) is 0 Å². The molecule has 106 valence electrons. The highest BCUT2D eigenvalue weighted by Gasteiger charge is 2.06. The van der Waals surface area contributed by atoms with Crippen LogP contribution < -0.4 is 15.4 Å². The van der Waals surface area contributed by atoms with Crippen LogP contribution in [-0.4, -0.2) is 13.7 Å². The van der Waals surface area contributed by atoms with Crippen LogP contribution in [0.1, 0.15) is 12.5 Å². The van der Waals surface area contributed by atoms with Crippen LogP contribution in [-0.2, 0) is 6.54 Å². The number of nitrogens with zero attached hydrogens (tertiary/aromatic N) is 1. The lowest BCUT2D eigenvalue weighted by Gasteiger charge is -2.21. The van der Waals surface area contributed by atoms with E-state index in [1.165, 1.54) is 0 Å². The van der Waals surface area contributed by atoms with Gasteiger partial charge in [-0.25, -0.2) is 0 Å². The summed E-state index contributed by atoms with van der Waals surface area (Å²) in [7, 11) is 2.02. The maximum atomic E-state index is 6.01. The minimum Gasteiger partial charge on any atom is -0.494 e. The molecule has 0 atom stereocenters. The molecule has 0 unspecified atom stereocenters. The Morgan fingerprint density at radius 2 is 2.00 bits per heavy atom. The number of benzene rings is 2. The van der Waals surface area contributed by atoms with E-state index < -0.39 is 0 Å². The summed E-state index contributed by atoms with van der Waals surface area (Å²) in [5.74, 6) is 0.792. The van der Waals surface area contributed by atoms with Crippen LogP contribution in [0.25, 0.3) is 0 Å². The molecule has 0 saturated carbocycles. The molecule has 0 radical (unpaired) electrons. The second-order valence-electron chi connectivity index (χ2n) is 4.68. The fourth-order valence-electron chi connectivity index (χ4n) is 2.08. The molecular weight excluding hydrogens is 272 g/mol. The topological polar surface area (TPSA) is 38.5 Å². The van der Waals surface area contributed by atoms with Gasteiger partial charge in [0.1, 0.15) is 5.75 Å². The number of halogens is 1. The van der Waals surface area contributed by atoms with Crippen LogP contribution in [0.15, 0.2) is 42.5 Å². The summed E-state index contributed by atoms with van der Waals surface area (Å²) in [4.78, 5) is 2.12. The molecule has 0 aliphatic carbocycles. The highest BCUT2D eigenvalue weighted by atomic mass is 35.5. The van der Waals surface area contributed by atoms with Crippen molar-refractivity contribution in [2.75, 3.05) is 24.3 Å². The van der Waals surface area contributed by atoms with E-state index in [0.29, 0.717) is 12.3 Å². The van der Waals surface area contributed by atoms with E-state index in [1.807, 2.05) is 50.4 Å². The van der Waals surface area contributed by atoms with Gasteiger partial charge < -0.3 is 15.4 Å². The van der Waals surface area contributed by atoms with Gasteiger partial charge in [0.2, 0.25) is 0 Å². The molecule has 4 heteroatoms. The lowest BCUT2D eigenvalue weighted by molar-refractivity contribution is 0.340. The van der Waals surface area contributed by atoms with E-state index in [0.717, 1.165) is 28.6 Å². The molecule has 0 spiro atoms. The Morgan fingerprint density at radius 3 is 2.70 bits per heavy atom. The van der Waals surface area contributed by atoms with Gasteiger partial charge in [0.25, 0.3) is 0 Å². The first-order valence-corrected chi connectivity index (χ1v) is 6.95. The Balaban J connectivity index is 2.18. The Labute approximate surface area is 124 Å². The number of hydrogen-bond donors (Lipinski definition) is 1. The first-order valence-electron chi connectivity index (χ1n) is 6.57. The summed E-state index contributed by atoms with van der Waals surface area (Å²) in [6, 6.07) is 13.6. The van der Waals surface area contributed by atoms with Gasteiger partial charge in [-0.15, -0.1) is 0 Å². The molecule has 0 aliphatic heterocycles. The van der Waals surface area contributed by atoms with Gasteiger partial charge in [-0.05, 0) is 30.7 Å². The Morgan fingerprint density at radius 1 is 1.20 bits per heavy atom. The van der Waals surface area contributed by atoms with Crippen LogP contribution in [0.3, 0.4) is 0 Å². The quantitative estimate of drug-likeness (QED) is 0.847. The molecule has 0 amide bonds. The predicted molar refractivity (Wildman–Crippen MR) is 85.6 cm³/mol. The Bertz CT molecular complexity index is 586. The minimum atomic E-state index is 0.626. The van der Waals surface area contributed by atoms with Crippen LogP contribution in [0, 0.1) is 0 Å². The second kappa shape index (κ2) is 6.53. The van der Waals surface area contributed by atoms with Gasteiger partial charge in [-0.1, -0.05) is 23.7 Å². The van der Waals surface area contributed by atoms with Gasteiger partial charge in [0, 0.05) is 42.1 Å². The molecule has 0 bridgehead atoms. The van der Waals surface area contributed by atoms with E-state index in [1.54, 1.807) is 0 Å². The van der Waals surface area contributed by atoms with Gasteiger partial charge in [0.05, 0.1) is 6.61 Å². The molecule has 0 aromatic heterocycles. The maximum absolute atomic E-state index is 6.01. The smallest absolute Gasteiger partial charge is 0.123 e. The molecule has 2 aromatic carbocycles. The standard InChI is InChI=1S/C16H19ClN2O/c1-3-20-16-9-14(18)8-15(10-16)19(2)11-12-5-4-6-13(17)7-12/h4-10H,3,11,18H2,1-2H3. The maximum Gasteiger partial charge on any atom is 0.123 e. The number of nitrogens with two attached hydrogens (primary N) is 1. The van der Waals surface area contributed by atoms with Gasteiger partial charge >= 0.3 is 0 Å². The average molecular weight is 291 g/mol. The van der Waals surface area contributed by atoms with Crippen molar-refractivity contribution in [2.45, 2.75) is 13.5 Å². The third-order valence-corrected chi connectivity index (χ3v) is 3.21. The fraction of sp³-hybridized carbons (Fsp3) is 0.250. The highest BCUT2D eigenvalue weighted by molar-refractivity contribution is 6.30. The zero-order valence-electron chi connectivity index (χ0n) is 11.8. The number of rotatable bonds is 5. The van der Waals surface area contributed by atoms with Crippen molar-refractivity contribution in [3.05, 3.63) is 53.1 Å². The van der Waals surface area contributed by atoms with Gasteiger partial charge in [0.15, 0.2) is 0 Å². The average Bonchev–Trinajstić information content (AvgIpc) is 2.38. The van der Waals surface area contributed by atoms with Crippen molar-refractivity contribution in [2.24, 2.45) is 0 Å². The van der Waals surface area contributed by atoms with Crippen molar-refractivity contribution >= 4 is 23.0 Å². The number of hydrogen-bond acceptors (Lipinski definition) is 3. The van der Waals surface area contributed by atoms with Crippen molar-refractivity contribution < 1.29 is 4.74 Å². The predicted octanol–water partition coefficient (Wildman–Crippen LogP) is 3.96. The summed E-state index contributed by atoms with van der Waals surface area (Å²) in [6.07, 6.45) is 0. The van der Waals surface area contributed by atoms with Crippen LogP contribution in [0.4, 0.5) is 11.4 Å². The molecule has 3 nitrogen and oxygen atoms in total. The number of nitrogen functional groups attached to an aromatic ring is 1. The zero-order valence-corrected chi connectivity index (χ0v) is 12.5. The van der Waals surface area contributed by atoms with E-state index in [2.05, 4.69) is 11.0 Å². The van der Waals surface area contributed by atoms with Gasteiger partial charge in [-0.2, -0.15) is 0 Å². The second-order valence-corrected chi connectivity index (χ2v) is 5.12. The van der Waals surface area contributed by atoms with E-state index in [9.17, 15) is 0 Å². The number of anilines is 2. The molecule has 0 fully saturated rings. The first kappa shape index (κ1) is 14.5. The van der Waals surface area contributed by atoms with Crippen molar-refractivity contribution in [3.8, 4) is 5.75 Å². The van der Waals surface area contributed by atoms with E-state index in [-0.39, 0.29) is 0 Å². The van der Waals surface area contributed by atoms with Crippen molar-refractivity contribution in [1.29, 1.82) is 0 Å². The zero-order chi connectivity index (χ0) is 14.5. The molecule has 2 aromatic rings. The molecule has 0 saturated heterocycles. The van der Waals surface area contributed by atoms with Crippen LogP contribution in [0.5, 0.6) is 5.75 Å². The third-order valence-electron chi connectivity index (χ3n) is 2.97. The van der Waals surface area contributed by atoms with Crippen LogP contribution in [0.2, 0.25) is 5.02 Å². The third kappa shape index (κ3) is 3.81. The summed E-state index contributed by atoms with van der Waals surface area (Å²) < 4.78 is 5.52. The largest absolute Gasteiger partial charge is 0.494 e. The van der Waals surface area contributed by atoms with Crippen molar-refractivity contribution in [3.63, 3.8) is 0 Å². The van der Waals surface area contributed by atoms with Crippen molar-refractivity contribution in [1.82, 2.24) is 0 Å². The molecule has 0 heterocycles. The molecule has 0 aliphatic rings. The minimum absolute atomic E-state index is 0.626. The molecule has 20 heavy (non-hydrogen) atoms. The summed E-state index contributed by atoms with van der Waals surface area (Å²) >= 11 is 6.01. The van der Waals surface area contributed by atoms with E-state index >= 15 is 0 Å². The monoisotopic (exact) mass is 290 g/mol. The Kier molecular flexibility index (Phi) is 4.74. The SMILES string of the molecule is CCOc1cc(N)cc(N(C)Cc2cccc(Cl)c2)c1. The molecular formula is C16H19ClN2O. The highest BCUT2D eigenvalue weighted by Crippen LogP contribution is 2.26. The van der Waals surface area contributed by atoms with E-state index in [4.69, 9.17) is 22.1 Å². The molecule has 2 rings (SSSR count). The lowest BCUT2D eigenvalue weighted by Crippen LogP contribution is -2.16. The van der Waals surface area contributed by atoms with Crippen LogP contribution >= 0.6 is 11.6 Å². The fourth-order valence-corrected chi connectivity index (χ4v) is 2.29. The summed E-state index contributed by atoms with van der Waals surface area (Å²) in [5, 5.41) is 0.749. The molecule has 2 N–H and O–H groups in total. The normalized spacial score (nSPS) is 10.3. The summed E-state index contributed by atoms with van der Waals surface area (Å²) in [6.45, 7) is 3.34.